The Hall–Kier alpha value is -0.380. The molecule has 1 aliphatic carbocycles. The second-order valence-corrected chi connectivity index (χ2v) is 6.26. The SMILES string of the molecule is Cc1cc(CNCC2CCCC(O)C2)ccc1Br. The number of aliphatic hydroxyl groups excluding tert-OH is 1. The third-order valence-corrected chi connectivity index (χ3v) is 4.63. The first-order valence-corrected chi connectivity index (χ1v) is 7.58. The third kappa shape index (κ3) is 4.08. The highest BCUT2D eigenvalue weighted by Gasteiger charge is 2.19. The van der Waals surface area contributed by atoms with Crippen molar-refractivity contribution in [3.8, 4) is 0 Å². The lowest BCUT2D eigenvalue weighted by atomic mass is 9.87. The van der Waals surface area contributed by atoms with E-state index in [1.165, 1.54) is 28.4 Å². The summed E-state index contributed by atoms with van der Waals surface area (Å²) in [4.78, 5) is 0. The second-order valence-electron chi connectivity index (χ2n) is 5.40. The third-order valence-electron chi connectivity index (χ3n) is 3.74. The van der Waals surface area contributed by atoms with Crippen LogP contribution >= 0.6 is 15.9 Å². The van der Waals surface area contributed by atoms with Crippen LogP contribution in [0.25, 0.3) is 0 Å². The molecule has 0 heterocycles. The molecule has 0 radical (unpaired) electrons. The molecule has 0 saturated heterocycles. The molecule has 2 N–H and O–H groups in total. The van der Waals surface area contributed by atoms with Crippen molar-refractivity contribution in [1.29, 1.82) is 0 Å². The highest BCUT2D eigenvalue weighted by atomic mass is 79.9. The molecular weight excluding hydrogens is 290 g/mol. The van der Waals surface area contributed by atoms with E-state index in [1.807, 2.05) is 0 Å². The summed E-state index contributed by atoms with van der Waals surface area (Å²) in [6, 6.07) is 6.48. The van der Waals surface area contributed by atoms with E-state index in [1.54, 1.807) is 0 Å². The van der Waals surface area contributed by atoms with Crippen LogP contribution in [0.1, 0.15) is 36.8 Å². The van der Waals surface area contributed by atoms with E-state index in [4.69, 9.17) is 0 Å². The highest BCUT2D eigenvalue weighted by molar-refractivity contribution is 9.10. The van der Waals surface area contributed by atoms with E-state index < -0.39 is 0 Å². The maximum atomic E-state index is 9.63. The average molecular weight is 312 g/mol. The number of rotatable bonds is 4. The first kappa shape index (κ1) is 14.0. The van der Waals surface area contributed by atoms with E-state index in [0.29, 0.717) is 5.92 Å². The molecule has 2 atom stereocenters. The largest absolute Gasteiger partial charge is 0.393 e. The maximum absolute atomic E-state index is 9.63. The molecule has 2 unspecified atom stereocenters. The monoisotopic (exact) mass is 311 g/mol. The number of aliphatic hydroxyl groups is 1. The summed E-state index contributed by atoms with van der Waals surface area (Å²) in [5.74, 6) is 0.644. The van der Waals surface area contributed by atoms with Gasteiger partial charge in [-0.15, -0.1) is 0 Å². The van der Waals surface area contributed by atoms with Gasteiger partial charge in [0.15, 0.2) is 0 Å². The summed E-state index contributed by atoms with van der Waals surface area (Å²) in [5.41, 5.74) is 2.61. The van der Waals surface area contributed by atoms with Gasteiger partial charge in [-0.3, -0.25) is 0 Å². The van der Waals surface area contributed by atoms with Crippen LogP contribution in [0, 0.1) is 12.8 Å². The predicted molar refractivity (Wildman–Crippen MR) is 78.6 cm³/mol. The first-order valence-electron chi connectivity index (χ1n) is 6.79. The molecule has 18 heavy (non-hydrogen) atoms. The van der Waals surface area contributed by atoms with Crippen LogP contribution in [-0.2, 0) is 6.54 Å². The van der Waals surface area contributed by atoms with Gasteiger partial charge in [0.25, 0.3) is 0 Å². The van der Waals surface area contributed by atoms with Crippen LogP contribution in [0.3, 0.4) is 0 Å². The molecule has 2 rings (SSSR count). The van der Waals surface area contributed by atoms with Crippen LogP contribution in [-0.4, -0.2) is 17.8 Å². The maximum Gasteiger partial charge on any atom is 0.0543 e. The fourth-order valence-corrected chi connectivity index (χ4v) is 2.93. The molecule has 0 bridgehead atoms. The van der Waals surface area contributed by atoms with E-state index >= 15 is 0 Å². The summed E-state index contributed by atoms with van der Waals surface area (Å²) in [6.45, 7) is 4.05. The van der Waals surface area contributed by atoms with Crippen molar-refractivity contribution in [2.45, 2.75) is 45.3 Å². The lowest BCUT2D eigenvalue weighted by Crippen LogP contribution is -2.28. The van der Waals surface area contributed by atoms with E-state index in [-0.39, 0.29) is 6.10 Å². The molecule has 1 saturated carbocycles. The lowest BCUT2D eigenvalue weighted by Gasteiger charge is -2.26. The minimum Gasteiger partial charge on any atom is -0.393 e. The zero-order valence-electron chi connectivity index (χ0n) is 11.0. The van der Waals surface area contributed by atoms with Crippen molar-refractivity contribution in [2.24, 2.45) is 5.92 Å². The Morgan fingerprint density at radius 3 is 2.94 bits per heavy atom. The van der Waals surface area contributed by atoms with Gasteiger partial charge in [0, 0.05) is 11.0 Å². The van der Waals surface area contributed by atoms with Crippen LogP contribution in [0.2, 0.25) is 0 Å². The van der Waals surface area contributed by atoms with Gasteiger partial charge in [-0.1, -0.05) is 34.5 Å². The Morgan fingerprint density at radius 2 is 2.22 bits per heavy atom. The minimum atomic E-state index is -0.0690. The minimum absolute atomic E-state index is 0.0690. The molecule has 0 amide bonds. The predicted octanol–water partition coefficient (Wildman–Crippen LogP) is 3.40. The smallest absolute Gasteiger partial charge is 0.0543 e. The zero-order valence-corrected chi connectivity index (χ0v) is 12.5. The van der Waals surface area contributed by atoms with Gasteiger partial charge in [-0.2, -0.15) is 0 Å². The molecule has 100 valence electrons. The number of aryl methyl sites for hydroxylation is 1. The lowest BCUT2D eigenvalue weighted by molar-refractivity contribution is 0.101. The standard InChI is InChI=1S/C15H22BrNO/c1-11-7-13(5-6-15(11)16)10-17-9-12-3-2-4-14(18)8-12/h5-7,12,14,17-18H,2-4,8-10H2,1H3. The van der Waals surface area contributed by atoms with Gasteiger partial charge in [0.2, 0.25) is 0 Å². The summed E-state index contributed by atoms with van der Waals surface area (Å²) >= 11 is 3.52. The highest BCUT2D eigenvalue weighted by Crippen LogP contribution is 2.23. The molecule has 1 aromatic rings. The number of hydrogen-bond acceptors (Lipinski definition) is 2. The molecule has 0 aliphatic heterocycles. The van der Waals surface area contributed by atoms with Crippen molar-refractivity contribution in [3.05, 3.63) is 33.8 Å². The van der Waals surface area contributed by atoms with Crippen LogP contribution < -0.4 is 5.32 Å². The van der Waals surface area contributed by atoms with Gasteiger partial charge in [-0.05, 0) is 55.8 Å². The Bertz CT molecular complexity index is 394. The van der Waals surface area contributed by atoms with Crippen molar-refractivity contribution in [1.82, 2.24) is 5.32 Å². The van der Waals surface area contributed by atoms with E-state index in [9.17, 15) is 5.11 Å². The van der Waals surface area contributed by atoms with Crippen LogP contribution in [0.5, 0.6) is 0 Å². The molecule has 0 spiro atoms. The van der Waals surface area contributed by atoms with Crippen molar-refractivity contribution < 1.29 is 5.11 Å². The Kier molecular flexibility index (Phi) is 5.22. The average Bonchev–Trinajstić information content (AvgIpc) is 2.34. The molecule has 1 aliphatic rings. The molecule has 0 aromatic heterocycles. The fourth-order valence-electron chi connectivity index (χ4n) is 2.69. The van der Waals surface area contributed by atoms with Crippen molar-refractivity contribution >= 4 is 15.9 Å². The first-order chi connectivity index (χ1) is 8.65. The number of hydrogen-bond donors (Lipinski definition) is 2. The summed E-state index contributed by atoms with van der Waals surface area (Å²) in [7, 11) is 0. The normalized spacial score (nSPS) is 24.2. The summed E-state index contributed by atoms with van der Waals surface area (Å²) in [5, 5.41) is 13.1. The van der Waals surface area contributed by atoms with Gasteiger partial charge in [0.05, 0.1) is 6.10 Å². The topological polar surface area (TPSA) is 32.3 Å². The second kappa shape index (κ2) is 6.69. The number of nitrogens with one attached hydrogen (secondary N) is 1. The van der Waals surface area contributed by atoms with Gasteiger partial charge >= 0.3 is 0 Å². The molecule has 1 aromatic carbocycles. The van der Waals surface area contributed by atoms with Gasteiger partial charge in [0.1, 0.15) is 0 Å². The summed E-state index contributed by atoms with van der Waals surface area (Å²) in [6.07, 6.45) is 4.31. The Morgan fingerprint density at radius 1 is 1.39 bits per heavy atom. The number of halogens is 1. The van der Waals surface area contributed by atoms with Gasteiger partial charge < -0.3 is 10.4 Å². The van der Waals surface area contributed by atoms with Crippen LogP contribution in [0.15, 0.2) is 22.7 Å². The Balaban J connectivity index is 1.76. The quantitative estimate of drug-likeness (QED) is 0.893. The van der Waals surface area contributed by atoms with Crippen LogP contribution in [0.4, 0.5) is 0 Å². The fraction of sp³-hybridized carbons (Fsp3) is 0.600. The van der Waals surface area contributed by atoms with Crippen molar-refractivity contribution in [3.63, 3.8) is 0 Å². The summed E-state index contributed by atoms with van der Waals surface area (Å²) < 4.78 is 1.17. The molecule has 2 nitrogen and oxygen atoms in total. The molecular formula is C15H22BrNO. The van der Waals surface area contributed by atoms with E-state index in [2.05, 4.69) is 46.4 Å². The Labute approximate surface area is 118 Å². The van der Waals surface area contributed by atoms with Gasteiger partial charge in [-0.25, -0.2) is 0 Å². The zero-order chi connectivity index (χ0) is 13.0. The van der Waals surface area contributed by atoms with E-state index in [0.717, 1.165) is 25.9 Å². The molecule has 3 heteroatoms. The molecule has 1 fully saturated rings. The number of benzene rings is 1. The van der Waals surface area contributed by atoms with Crippen molar-refractivity contribution in [2.75, 3.05) is 6.54 Å².